The summed E-state index contributed by atoms with van der Waals surface area (Å²) in [5, 5.41) is 9.97. The summed E-state index contributed by atoms with van der Waals surface area (Å²) in [5.41, 5.74) is 3.40. The molecule has 0 aliphatic carbocycles. The number of aromatic amines is 1. The van der Waals surface area contributed by atoms with E-state index in [2.05, 4.69) is 18.0 Å². The first-order valence-corrected chi connectivity index (χ1v) is 6.60. The predicted octanol–water partition coefficient (Wildman–Crippen LogP) is 1.72. The third-order valence-electron chi connectivity index (χ3n) is 3.47. The lowest BCUT2D eigenvalue weighted by atomic mass is 10.1. The van der Waals surface area contributed by atoms with E-state index >= 15 is 0 Å². The number of likely N-dealkylation sites (N-methyl/N-ethyl adjacent to an activating group) is 1. The van der Waals surface area contributed by atoms with Gasteiger partial charge in [0.25, 0.3) is 0 Å². The molecule has 2 N–H and O–H groups in total. The number of benzene rings is 1. The first-order valence-electron chi connectivity index (χ1n) is 6.60. The number of fused-ring (bicyclic) bond motifs is 1. The van der Waals surface area contributed by atoms with E-state index in [1.54, 1.807) is 11.9 Å². The van der Waals surface area contributed by atoms with Crippen molar-refractivity contribution in [1.29, 1.82) is 0 Å². The van der Waals surface area contributed by atoms with Crippen LogP contribution in [0.4, 0.5) is 0 Å². The zero-order valence-electron chi connectivity index (χ0n) is 11.4. The van der Waals surface area contributed by atoms with Crippen molar-refractivity contribution < 1.29 is 9.90 Å². The van der Waals surface area contributed by atoms with E-state index in [1.165, 1.54) is 5.56 Å². The summed E-state index contributed by atoms with van der Waals surface area (Å²) >= 11 is 0. The SMILES string of the molecule is CCc1cccc2c(CC(=O)N(C)CCO)c[nH]c12. The number of carbonyl (C=O) groups excluding carboxylic acids is 1. The lowest BCUT2D eigenvalue weighted by Gasteiger charge is -2.15. The molecule has 1 amide bonds. The molecule has 0 saturated heterocycles. The monoisotopic (exact) mass is 260 g/mol. The third-order valence-corrected chi connectivity index (χ3v) is 3.47. The van der Waals surface area contributed by atoms with Gasteiger partial charge in [0.05, 0.1) is 13.0 Å². The van der Waals surface area contributed by atoms with Crippen LogP contribution >= 0.6 is 0 Å². The van der Waals surface area contributed by atoms with Gasteiger partial charge in [-0.2, -0.15) is 0 Å². The number of H-pyrrole nitrogens is 1. The number of aromatic nitrogens is 1. The van der Waals surface area contributed by atoms with Gasteiger partial charge in [-0.25, -0.2) is 0 Å². The molecule has 0 aliphatic heterocycles. The minimum Gasteiger partial charge on any atom is -0.395 e. The van der Waals surface area contributed by atoms with Crippen molar-refractivity contribution in [2.24, 2.45) is 0 Å². The molecule has 19 heavy (non-hydrogen) atoms. The van der Waals surface area contributed by atoms with E-state index in [-0.39, 0.29) is 12.5 Å². The Morgan fingerprint density at radius 1 is 1.37 bits per heavy atom. The Morgan fingerprint density at radius 2 is 2.16 bits per heavy atom. The molecule has 1 aromatic heterocycles. The molecule has 102 valence electrons. The second kappa shape index (κ2) is 5.89. The Kier molecular flexibility index (Phi) is 4.22. The maximum Gasteiger partial charge on any atom is 0.226 e. The smallest absolute Gasteiger partial charge is 0.226 e. The molecule has 0 unspecified atom stereocenters. The summed E-state index contributed by atoms with van der Waals surface area (Å²) in [5.74, 6) is 0.0249. The molecular formula is C15H20N2O2. The summed E-state index contributed by atoms with van der Waals surface area (Å²) < 4.78 is 0. The van der Waals surface area contributed by atoms with E-state index in [0.29, 0.717) is 13.0 Å². The summed E-state index contributed by atoms with van der Waals surface area (Å²) in [4.78, 5) is 16.8. The highest BCUT2D eigenvalue weighted by atomic mass is 16.3. The zero-order valence-corrected chi connectivity index (χ0v) is 11.4. The van der Waals surface area contributed by atoms with Gasteiger partial charge >= 0.3 is 0 Å². The number of nitrogens with zero attached hydrogens (tertiary/aromatic N) is 1. The molecule has 0 aliphatic rings. The fourth-order valence-corrected chi connectivity index (χ4v) is 2.29. The Bertz CT molecular complexity index is 575. The van der Waals surface area contributed by atoms with E-state index in [1.807, 2.05) is 18.3 Å². The topological polar surface area (TPSA) is 56.3 Å². The second-order valence-corrected chi connectivity index (χ2v) is 4.72. The van der Waals surface area contributed by atoms with E-state index < -0.39 is 0 Å². The summed E-state index contributed by atoms with van der Waals surface area (Å²) in [6, 6.07) is 6.17. The highest BCUT2D eigenvalue weighted by Gasteiger charge is 2.13. The fourth-order valence-electron chi connectivity index (χ4n) is 2.29. The number of para-hydroxylation sites is 1. The first kappa shape index (κ1) is 13.6. The van der Waals surface area contributed by atoms with Gasteiger partial charge in [-0.05, 0) is 17.5 Å². The maximum atomic E-state index is 12.0. The Labute approximate surface area is 113 Å². The molecule has 4 nitrogen and oxygen atoms in total. The number of hydrogen-bond acceptors (Lipinski definition) is 2. The lowest BCUT2D eigenvalue weighted by molar-refractivity contribution is -0.129. The fraction of sp³-hybridized carbons (Fsp3) is 0.400. The predicted molar refractivity (Wildman–Crippen MR) is 76.1 cm³/mol. The van der Waals surface area contributed by atoms with Crippen molar-refractivity contribution >= 4 is 16.8 Å². The van der Waals surface area contributed by atoms with Crippen LogP contribution < -0.4 is 0 Å². The Hall–Kier alpha value is -1.81. The normalized spacial score (nSPS) is 10.9. The van der Waals surface area contributed by atoms with E-state index in [0.717, 1.165) is 22.9 Å². The number of nitrogens with one attached hydrogen (secondary N) is 1. The third kappa shape index (κ3) is 2.79. The number of carbonyl (C=O) groups is 1. The molecule has 2 aromatic rings. The molecular weight excluding hydrogens is 240 g/mol. The number of aliphatic hydroxyl groups is 1. The minimum atomic E-state index is -0.00386. The molecule has 1 aromatic carbocycles. The number of aryl methyl sites for hydroxylation is 1. The van der Waals surface area contributed by atoms with Crippen LogP contribution in [0.2, 0.25) is 0 Å². The maximum absolute atomic E-state index is 12.0. The van der Waals surface area contributed by atoms with E-state index in [9.17, 15) is 4.79 Å². The van der Waals surface area contributed by atoms with Gasteiger partial charge in [0.1, 0.15) is 0 Å². The first-order chi connectivity index (χ1) is 9.17. The molecule has 0 bridgehead atoms. The largest absolute Gasteiger partial charge is 0.395 e. The minimum absolute atomic E-state index is 0.00386. The molecule has 4 heteroatoms. The van der Waals surface area contributed by atoms with Gasteiger partial charge in [-0.1, -0.05) is 25.1 Å². The summed E-state index contributed by atoms with van der Waals surface area (Å²) in [6.45, 7) is 2.49. The molecule has 0 spiro atoms. The van der Waals surface area contributed by atoms with Crippen LogP contribution in [0, 0.1) is 0 Å². The molecule has 0 saturated carbocycles. The highest BCUT2D eigenvalue weighted by molar-refractivity contribution is 5.90. The summed E-state index contributed by atoms with van der Waals surface area (Å²) in [7, 11) is 1.71. The van der Waals surface area contributed by atoms with Crippen LogP contribution in [0.1, 0.15) is 18.1 Å². The van der Waals surface area contributed by atoms with Gasteiger partial charge in [0, 0.05) is 30.7 Å². The zero-order chi connectivity index (χ0) is 13.8. The second-order valence-electron chi connectivity index (χ2n) is 4.72. The Balaban J connectivity index is 2.24. The number of rotatable bonds is 5. The molecule has 1 heterocycles. The molecule has 0 fully saturated rings. The van der Waals surface area contributed by atoms with Gasteiger partial charge in [-0.15, -0.1) is 0 Å². The molecule has 0 radical (unpaired) electrons. The summed E-state index contributed by atoms with van der Waals surface area (Å²) in [6.07, 6.45) is 3.24. The number of amides is 1. The van der Waals surface area contributed by atoms with Gasteiger partial charge in [-0.3, -0.25) is 4.79 Å². The highest BCUT2D eigenvalue weighted by Crippen LogP contribution is 2.22. The van der Waals surface area contributed by atoms with Gasteiger partial charge in [0.2, 0.25) is 5.91 Å². The number of aliphatic hydroxyl groups excluding tert-OH is 1. The van der Waals surface area contributed by atoms with Crippen molar-refractivity contribution in [3.05, 3.63) is 35.5 Å². The van der Waals surface area contributed by atoms with E-state index in [4.69, 9.17) is 5.11 Å². The van der Waals surface area contributed by atoms with Crippen molar-refractivity contribution in [2.45, 2.75) is 19.8 Å². The van der Waals surface area contributed by atoms with Crippen molar-refractivity contribution in [3.8, 4) is 0 Å². The lowest BCUT2D eigenvalue weighted by Crippen LogP contribution is -2.30. The van der Waals surface area contributed by atoms with Crippen LogP contribution in [-0.4, -0.2) is 41.1 Å². The van der Waals surface area contributed by atoms with Gasteiger partial charge < -0.3 is 15.0 Å². The average Bonchev–Trinajstić information content (AvgIpc) is 2.82. The number of hydrogen-bond donors (Lipinski definition) is 2. The van der Waals surface area contributed by atoms with Crippen LogP contribution in [0.3, 0.4) is 0 Å². The standard InChI is InChI=1S/C15H20N2O2/c1-3-11-5-4-6-13-12(10-16-15(11)13)9-14(19)17(2)7-8-18/h4-6,10,16,18H,3,7-9H2,1-2H3. The Morgan fingerprint density at radius 3 is 2.84 bits per heavy atom. The molecule has 0 atom stereocenters. The van der Waals surface area contributed by atoms with Crippen LogP contribution in [0.15, 0.2) is 24.4 Å². The quantitative estimate of drug-likeness (QED) is 0.860. The van der Waals surface area contributed by atoms with Crippen LogP contribution in [-0.2, 0) is 17.6 Å². The molecule has 2 rings (SSSR count). The van der Waals surface area contributed by atoms with Crippen molar-refractivity contribution in [3.63, 3.8) is 0 Å². The van der Waals surface area contributed by atoms with Crippen molar-refractivity contribution in [2.75, 3.05) is 20.2 Å². The van der Waals surface area contributed by atoms with Crippen molar-refractivity contribution in [1.82, 2.24) is 9.88 Å². The van der Waals surface area contributed by atoms with Gasteiger partial charge in [0.15, 0.2) is 0 Å². The van der Waals surface area contributed by atoms with Crippen LogP contribution in [0.25, 0.3) is 10.9 Å². The van der Waals surface area contributed by atoms with Crippen LogP contribution in [0.5, 0.6) is 0 Å². The average molecular weight is 260 g/mol.